The van der Waals surface area contributed by atoms with Crippen molar-refractivity contribution < 1.29 is 33.4 Å². The van der Waals surface area contributed by atoms with Crippen molar-refractivity contribution in [3.8, 4) is 0 Å². The monoisotopic (exact) mass is 449 g/mol. The van der Waals surface area contributed by atoms with Gasteiger partial charge in [0.2, 0.25) is 5.91 Å². The van der Waals surface area contributed by atoms with Gasteiger partial charge in [-0.15, -0.1) is 0 Å². The van der Waals surface area contributed by atoms with Crippen LogP contribution in [-0.4, -0.2) is 87.0 Å². The number of carboxylic acid groups (broad SMARTS) is 1. The molecule has 0 aliphatic rings. The Bertz CT molecular complexity index is 522. The molecule has 0 saturated carbocycles. The number of aliphatic carboxylic acids is 1. The fourth-order valence-corrected chi connectivity index (χ4v) is 4.63. The van der Waals surface area contributed by atoms with Gasteiger partial charge in [-0.1, -0.05) is 0 Å². The van der Waals surface area contributed by atoms with E-state index in [0.717, 1.165) is 0 Å². The van der Waals surface area contributed by atoms with E-state index in [1.165, 1.54) is 14.2 Å². The van der Waals surface area contributed by atoms with Gasteiger partial charge in [0.1, 0.15) is 11.8 Å². The van der Waals surface area contributed by atoms with E-state index in [0.29, 0.717) is 51.2 Å². The molecule has 6 N–H and O–H groups in total. The summed E-state index contributed by atoms with van der Waals surface area (Å²) in [5.74, 6) is -1.24. The molecular formula is C19H39N3O7Si. The second kappa shape index (κ2) is 15.4. The molecule has 0 aromatic heterocycles. The Morgan fingerprint density at radius 3 is 2.10 bits per heavy atom. The van der Waals surface area contributed by atoms with E-state index in [9.17, 15) is 19.5 Å². The number of aliphatic hydroxyl groups excluding tert-OH is 1. The molecule has 1 amide bonds. The van der Waals surface area contributed by atoms with Crippen molar-refractivity contribution in [2.45, 2.75) is 70.0 Å². The molecule has 0 radical (unpaired) electrons. The highest BCUT2D eigenvalue weighted by Gasteiger charge is 2.34. The van der Waals surface area contributed by atoms with Gasteiger partial charge in [0.25, 0.3) is 0 Å². The molecule has 0 aliphatic carbocycles. The molecule has 0 aromatic carbocycles. The highest BCUT2D eigenvalue weighted by molar-refractivity contribution is 6.67. The summed E-state index contributed by atoms with van der Waals surface area (Å²) in [5, 5.41) is 18.5. The molecule has 0 bridgehead atoms. The molecular weight excluding hydrogens is 410 g/mol. The first-order valence-corrected chi connectivity index (χ1v) is 12.6. The van der Waals surface area contributed by atoms with E-state index in [2.05, 4.69) is 0 Å². The van der Waals surface area contributed by atoms with Gasteiger partial charge < -0.3 is 35.4 Å². The van der Waals surface area contributed by atoms with Crippen LogP contribution in [0.25, 0.3) is 0 Å². The number of hydrogen-bond donors (Lipinski definition) is 4. The summed E-state index contributed by atoms with van der Waals surface area (Å²) in [6, 6.07) is -0.613. The lowest BCUT2D eigenvalue weighted by Crippen LogP contribution is -2.45. The Kier molecular flexibility index (Phi) is 14.7. The summed E-state index contributed by atoms with van der Waals surface area (Å²) < 4.78 is 10.7. The van der Waals surface area contributed by atoms with Crippen LogP contribution in [0.1, 0.15) is 51.9 Å². The molecule has 0 spiro atoms. The Labute approximate surface area is 180 Å². The minimum absolute atomic E-state index is 0.0171. The molecule has 0 aromatic rings. The van der Waals surface area contributed by atoms with Gasteiger partial charge in [-0.2, -0.15) is 0 Å². The quantitative estimate of drug-likeness (QED) is 0.213. The third-order valence-electron chi connectivity index (χ3n) is 5.07. The predicted octanol–water partition coefficient (Wildman–Crippen LogP) is 0.140. The largest absolute Gasteiger partial charge is 0.480 e. The molecule has 0 aliphatic heterocycles. The second-order valence-electron chi connectivity index (χ2n) is 7.60. The van der Waals surface area contributed by atoms with Crippen LogP contribution in [-0.2, 0) is 23.2 Å². The zero-order valence-corrected chi connectivity index (χ0v) is 19.5. The van der Waals surface area contributed by atoms with Gasteiger partial charge in [0, 0.05) is 52.6 Å². The van der Waals surface area contributed by atoms with Gasteiger partial charge in [-0.25, -0.2) is 0 Å². The fourth-order valence-electron chi connectivity index (χ4n) is 2.94. The van der Waals surface area contributed by atoms with E-state index in [1.54, 1.807) is 4.90 Å². The van der Waals surface area contributed by atoms with E-state index in [1.807, 2.05) is 6.92 Å². The van der Waals surface area contributed by atoms with Crippen LogP contribution >= 0.6 is 0 Å². The topological polar surface area (TPSA) is 165 Å². The number of nitrogens with two attached hydrogens (primary N) is 2. The average molecular weight is 450 g/mol. The lowest BCUT2D eigenvalue weighted by molar-refractivity contribution is -0.139. The Balaban J connectivity index is 4.76. The zero-order valence-electron chi connectivity index (χ0n) is 18.5. The SMILES string of the molecule is CO[Si](CO)(CCCN(CCCC(=O)CCC(C)N)C(=O)CCC(N)C(=O)O)OC. The number of carbonyl (C=O) groups excluding carboxylic acids is 2. The van der Waals surface area contributed by atoms with Gasteiger partial charge >= 0.3 is 14.5 Å². The summed E-state index contributed by atoms with van der Waals surface area (Å²) in [4.78, 5) is 37.1. The number of Topliss-reactive ketones (excluding diaryl/α,β-unsaturated/α-hetero) is 1. The molecule has 0 rings (SSSR count). The van der Waals surface area contributed by atoms with Crippen LogP contribution in [0.4, 0.5) is 0 Å². The van der Waals surface area contributed by atoms with E-state index in [4.69, 9.17) is 25.4 Å². The van der Waals surface area contributed by atoms with Crippen LogP contribution in [0.2, 0.25) is 6.04 Å². The summed E-state index contributed by atoms with van der Waals surface area (Å²) >= 11 is 0. The molecule has 2 atom stereocenters. The average Bonchev–Trinajstić information content (AvgIpc) is 2.72. The molecule has 10 nitrogen and oxygen atoms in total. The lowest BCUT2D eigenvalue weighted by Gasteiger charge is -2.27. The number of amides is 1. The summed E-state index contributed by atoms with van der Waals surface area (Å²) in [6.07, 6.45) is 2.37. The number of carbonyl (C=O) groups is 3. The number of carboxylic acids is 1. The Hall–Kier alpha value is -1.37. The van der Waals surface area contributed by atoms with Gasteiger partial charge in [0.15, 0.2) is 0 Å². The van der Waals surface area contributed by atoms with Crippen molar-refractivity contribution >= 4 is 26.2 Å². The molecule has 30 heavy (non-hydrogen) atoms. The zero-order chi connectivity index (χ0) is 23.2. The molecule has 0 fully saturated rings. The van der Waals surface area contributed by atoms with E-state index in [-0.39, 0.29) is 36.8 Å². The maximum absolute atomic E-state index is 12.6. The second-order valence-corrected chi connectivity index (χ2v) is 11.1. The summed E-state index contributed by atoms with van der Waals surface area (Å²) in [5.41, 5.74) is 11.2. The standard InChI is InChI=1S/C19H39N3O7Si/c1-15(20)7-8-16(24)6-4-11-22(18(25)10-9-17(21)19(26)27)12-5-13-30(14-23,28-2)29-3/h15,17,23H,4-14,20-21H2,1-3H3,(H,26,27). The first kappa shape index (κ1) is 28.6. The fraction of sp³-hybridized carbons (Fsp3) is 0.842. The number of rotatable bonds is 18. The molecule has 0 saturated heterocycles. The smallest absolute Gasteiger partial charge is 0.364 e. The van der Waals surface area contributed by atoms with Crippen molar-refractivity contribution in [1.29, 1.82) is 0 Å². The Morgan fingerprint density at radius 1 is 1.00 bits per heavy atom. The van der Waals surface area contributed by atoms with Crippen LogP contribution in [0.5, 0.6) is 0 Å². The highest BCUT2D eigenvalue weighted by Crippen LogP contribution is 2.15. The molecule has 176 valence electrons. The van der Waals surface area contributed by atoms with E-state index >= 15 is 0 Å². The van der Waals surface area contributed by atoms with Gasteiger partial charge in [-0.05, 0) is 38.7 Å². The maximum atomic E-state index is 12.6. The Morgan fingerprint density at radius 2 is 1.60 bits per heavy atom. The van der Waals surface area contributed by atoms with E-state index < -0.39 is 20.6 Å². The van der Waals surface area contributed by atoms with Crippen molar-refractivity contribution in [1.82, 2.24) is 4.90 Å². The maximum Gasteiger partial charge on any atom is 0.364 e. The molecule has 2 unspecified atom stereocenters. The third-order valence-corrected chi connectivity index (χ3v) is 8.16. The minimum Gasteiger partial charge on any atom is -0.480 e. The van der Waals surface area contributed by atoms with Crippen molar-refractivity contribution in [2.24, 2.45) is 11.5 Å². The first-order chi connectivity index (χ1) is 14.1. The van der Waals surface area contributed by atoms with Crippen LogP contribution < -0.4 is 11.5 Å². The minimum atomic E-state index is -2.69. The number of ketones is 1. The molecule has 11 heteroatoms. The van der Waals surface area contributed by atoms with Crippen LogP contribution in [0.15, 0.2) is 0 Å². The lowest BCUT2D eigenvalue weighted by atomic mass is 10.1. The third kappa shape index (κ3) is 11.7. The number of hydrogen-bond acceptors (Lipinski definition) is 8. The van der Waals surface area contributed by atoms with Crippen molar-refractivity contribution in [3.05, 3.63) is 0 Å². The summed E-state index contributed by atoms with van der Waals surface area (Å²) in [7, 11) is 0.305. The predicted molar refractivity (Wildman–Crippen MR) is 115 cm³/mol. The number of nitrogens with zero attached hydrogens (tertiary/aromatic N) is 1. The van der Waals surface area contributed by atoms with Crippen LogP contribution in [0.3, 0.4) is 0 Å². The highest BCUT2D eigenvalue weighted by atomic mass is 28.4. The van der Waals surface area contributed by atoms with Gasteiger partial charge in [0.05, 0.1) is 6.23 Å². The summed E-state index contributed by atoms with van der Waals surface area (Å²) in [6.45, 7) is 2.64. The van der Waals surface area contributed by atoms with Crippen molar-refractivity contribution in [2.75, 3.05) is 33.5 Å². The first-order valence-electron chi connectivity index (χ1n) is 10.3. The van der Waals surface area contributed by atoms with Crippen molar-refractivity contribution in [3.63, 3.8) is 0 Å². The number of aliphatic hydroxyl groups is 1. The normalized spacial score (nSPS) is 13.7. The van der Waals surface area contributed by atoms with Gasteiger partial charge in [-0.3, -0.25) is 14.4 Å². The molecule has 0 heterocycles. The van der Waals surface area contributed by atoms with Crippen LogP contribution in [0, 0.1) is 0 Å².